The van der Waals surface area contributed by atoms with Crippen LogP contribution in [-0.4, -0.2) is 11.7 Å². The summed E-state index contributed by atoms with van der Waals surface area (Å²) in [5, 5.41) is 1.46. The second-order valence-corrected chi connectivity index (χ2v) is 6.81. The summed E-state index contributed by atoms with van der Waals surface area (Å²) in [5.41, 5.74) is 5.90. The summed E-state index contributed by atoms with van der Waals surface area (Å²) in [6.07, 6.45) is 5.10. The Hall–Kier alpha value is -2.22. The molecule has 0 bridgehead atoms. The monoisotopic (exact) mass is 319 g/mol. The van der Waals surface area contributed by atoms with Gasteiger partial charge in [-0.05, 0) is 60.9 Å². The lowest BCUT2D eigenvalue weighted by molar-refractivity contribution is 0.414. The minimum atomic E-state index is 0.694. The van der Waals surface area contributed by atoms with E-state index in [0.717, 1.165) is 12.3 Å². The van der Waals surface area contributed by atoms with Gasteiger partial charge in [0.2, 0.25) is 0 Å². The molecule has 3 aromatic rings. The van der Waals surface area contributed by atoms with Crippen LogP contribution in [0.5, 0.6) is 5.75 Å². The third-order valence-corrected chi connectivity index (χ3v) is 5.48. The van der Waals surface area contributed by atoms with Gasteiger partial charge < -0.3 is 9.30 Å². The number of hydrogen-bond acceptors (Lipinski definition) is 1. The van der Waals surface area contributed by atoms with Crippen molar-refractivity contribution in [2.75, 3.05) is 7.11 Å². The first-order chi connectivity index (χ1) is 11.8. The minimum Gasteiger partial charge on any atom is -0.497 e. The molecule has 1 unspecified atom stereocenters. The Bertz CT molecular complexity index is 844. The lowest BCUT2D eigenvalue weighted by atomic mass is 9.85. The Balaban J connectivity index is 1.84. The van der Waals surface area contributed by atoms with E-state index in [1.807, 2.05) is 0 Å². The molecule has 0 fully saturated rings. The van der Waals surface area contributed by atoms with Gasteiger partial charge in [0.1, 0.15) is 5.75 Å². The SMILES string of the molecule is CCC1CCCc2c1n(Cc1ccc(OC)cc1)c1ccccc21. The largest absolute Gasteiger partial charge is 0.497 e. The van der Waals surface area contributed by atoms with E-state index in [9.17, 15) is 0 Å². The Morgan fingerprint density at radius 1 is 1.08 bits per heavy atom. The predicted molar refractivity (Wildman–Crippen MR) is 100 cm³/mol. The maximum Gasteiger partial charge on any atom is 0.118 e. The molecule has 24 heavy (non-hydrogen) atoms. The van der Waals surface area contributed by atoms with Crippen molar-refractivity contribution in [3.05, 3.63) is 65.4 Å². The summed E-state index contributed by atoms with van der Waals surface area (Å²) in [5.74, 6) is 1.61. The molecule has 0 saturated heterocycles. The van der Waals surface area contributed by atoms with E-state index < -0.39 is 0 Å². The highest BCUT2D eigenvalue weighted by molar-refractivity contribution is 5.86. The Morgan fingerprint density at radius 2 is 1.88 bits per heavy atom. The maximum absolute atomic E-state index is 5.29. The predicted octanol–water partition coefficient (Wildman–Crippen LogP) is 5.53. The average molecular weight is 319 g/mol. The van der Waals surface area contributed by atoms with Gasteiger partial charge in [0.15, 0.2) is 0 Å². The Labute approximate surface area is 144 Å². The first-order valence-electron chi connectivity index (χ1n) is 9.04. The van der Waals surface area contributed by atoms with Crippen molar-refractivity contribution in [1.82, 2.24) is 4.57 Å². The fourth-order valence-corrected chi connectivity index (χ4v) is 4.27. The standard InChI is InChI=1S/C22H25NO/c1-3-17-7-6-9-20-19-8-4-5-10-21(19)23(22(17)20)15-16-11-13-18(24-2)14-12-16/h4-5,8,10-14,17H,3,6-7,9,15H2,1-2H3. The molecule has 1 atom stereocenters. The molecule has 1 aromatic heterocycles. The van der Waals surface area contributed by atoms with Crippen LogP contribution >= 0.6 is 0 Å². The molecule has 0 radical (unpaired) electrons. The van der Waals surface area contributed by atoms with Gasteiger partial charge in [0.05, 0.1) is 7.11 Å². The Morgan fingerprint density at radius 3 is 2.62 bits per heavy atom. The van der Waals surface area contributed by atoms with Gasteiger partial charge in [0, 0.05) is 23.1 Å². The van der Waals surface area contributed by atoms with Gasteiger partial charge in [-0.3, -0.25) is 0 Å². The van der Waals surface area contributed by atoms with Crippen LogP contribution in [0.3, 0.4) is 0 Å². The second kappa shape index (κ2) is 6.35. The summed E-state index contributed by atoms with van der Waals surface area (Å²) < 4.78 is 7.86. The summed E-state index contributed by atoms with van der Waals surface area (Å²) in [6.45, 7) is 3.27. The third kappa shape index (κ3) is 2.50. The lowest BCUT2D eigenvalue weighted by Gasteiger charge is -2.25. The van der Waals surface area contributed by atoms with Crippen molar-refractivity contribution in [3.8, 4) is 5.75 Å². The van der Waals surface area contributed by atoms with Crippen LogP contribution in [0.25, 0.3) is 10.9 Å². The molecule has 1 heterocycles. The normalized spacial score (nSPS) is 17.0. The number of fused-ring (bicyclic) bond motifs is 3. The van der Waals surface area contributed by atoms with Gasteiger partial charge in [-0.25, -0.2) is 0 Å². The molecule has 0 spiro atoms. The molecule has 0 saturated carbocycles. The van der Waals surface area contributed by atoms with Crippen LogP contribution in [0.1, 0.15) is 48.9 Å². The van der Waals surface area contributed by atoms with Gasteiger partial charge >= 0.3 is 0 Å². The number of nitrogens with zero attached hydrogens (tertiary/aromatic N) is 1. The molecule has 4 rings (SSSR count). The van der Waals surface area contributed by atoms with Gasteiger partial charge in [-0.2, -0.15) is 0 Å². The second-order valence-electron chi connectivity index (χ2n) is 6.81. The molecule has 1 aliphatic rings. The van der Waals surface area contributed by atoms with Crippen LogP contribution in [0, 0.1) is 0 Å². The maximum atomic E-state index is 5.29. The molecule has 1 aliphatic carbocycles. The number of benzene rings is 2. The summed E-state index contributed by atoms with van der Waals surface area (Å²) in [4.78, 5) is 0. The van der Waals surface area contributed by atoms with E-state index in [1.165, 1.54) is 42.1 Å². The zero-order valence-corrected chi connectivity index (χ0v) is 14.6. The number of hydrogen-bond donors (Lipinski definition) is 0. The molecule has 2 heteroatoms. The van der Waals surface area contributed by atoms with E-state index >= 15 is 0 Å². The van der Waals surface area contributed by atoms with Crippen LogP contribution < -0.4 is 4.74 Å². The van der Waals surface area contributed by atoms with Crippen LogP contribution in [0.15, 0.2) is 48.5 Å². The van der Waals surface area contributed by atoms with Crippen molar-refractivity contribution in [2.24, 2.45) is 0 Å². The fourth-order valence-electron chi connectivity index (χ4n) is 4.27. The van der Waals surface area contributed by atoms with Crippen molar-refractivity contribution < 1.29 is 4.74 Å². The van der Waals surface area contributed by atoms with Crippen LogP contribution in [0.4, 0.5) is 0 Å². The third-order valence-electron chi connectivity index (χ3n) is 5.48. The average Bonchev–Trinajstić information content (AvgIpc) is 2.97. The summed E-state index contributed by atoms with van der Waals surface area (Å²) in [7, 11) is 1.72. The van der Waals surface area contributed by atoms with Crippen molar-refractivity contribution in [3.63, 3.8) is 0 Å². The molecular formula is C22H25NO. The first kappa shape index (κ1) is 15.3. The lowest BCUT2D eigenvalue weighted by Crippen LogP contribution is -2.14. The van der Waals surface area contributed by atoms with Crippen molar-refractivity contribution in [1.29, 1.82) is 0 Å². The van der Waals surface area contributed by atoms with E-state index in [2.05, 4.69) is 60.0 Å². The molecule has 0 aliphatic heterocycles. The quantitative estimate of drug-likeness (QED) is 0.617. The highest BCUT2D eigenvalue weighted by Gasteiger charge is 2.26. The van der Waals surface area contributed by atoms with Crippen molar-refractivity contribution >= 4 is 10.9 Å². The molecule has 0 N–H and O–H groups in total. The highest BCUT2D eigenvalue weighted by atomic mass is 16.5. The molecule has 2 nitrogen and oxygen atoms in total. The number of ether oxygens (including phenoxy) is 1. The van der Waals surface area contributed by atoms with Crippen LogP contribution in [0.2, 0.25) is 0 Å². The summed E-state index contributed by atoms with van der Waals surface area (Å²) in [6, 6.07) is 17.4. The van der Waals surface area contributed by atoms with Gasteiger partial charge in [-0.1, -0.05) is 37.3 Å². The number of rotatable bonds is 4. The van der Waals surface area contributed by atoms with Gasteiger partial charge in [0.25, 0.3) is 0 Å². The van der Waals surface area contributed by atoms with Crippen LogP contribution in [-0.2, 0) is 13.0 Å². The number of aromatic nitrogens is 1. The van der Waals surface area contributed by atoms with Gasteiger partial charge in [-0.15, -0.1) is 0 Å². The van der Waals surface area contributed by atoms with E-state index in [-0.39, 0.29) is 0 Å². The number of aryl methyl sites for hydroxylation is 1. The number of methoxy groups -OCH3 is 1. The molecule has 124 valence electrons. The highest BCUT2D eigenvalue weighted by Crippen LogP contribution is 2.40. The topological polar surface area (TPSA) is 14.2 Å². The summed E-state index contributed by atoms with van der Waals surface area (Å²) >= 11 is 0. The van der Waals surface area contributed by atoms with Crippen molar-refractivity contribution in [2.45, 2.75) is 45.1 Å². The molecular weight excluding hydrogens is 294 g/mol. The zero-order chi connectivity index (χ0) is 16.5. The molecule has 2 aromatic carbocycles. The Kier molecular flexibility index (Phi) is 4.05. The first-order valence-corrected chi connectivity index (χ1v) is 9.04. The van der Waals surface area contributed by atoms with E-state index in [1.54, 1.807) is 18.4 Å². The fraction of sp³-hybridized carbons (Fsp3) is 0.364. The zero-order valence-electron chi connectivity index (χ0n) is 14.6. The number of para-hydroxylation sites is 1. The van der Waals surface area contributed by atoms with E-state index in [4.69, 9.17) is 4.74 Å². The smallest absolute Gasteiger partial charge is 0.118 e. The molecule has 0 amide bonds. The van der Waals surface area contributed by atoms with E-state index in [0.29, 0.717) is 5.92 Å². The minimum absolute atomic E-state index is 0.694.